The Morgan fingerprint density at radius 2 is 1.94 bits per heavy atom. The number of ether oxygens (including phenoxy) is 1. The lowest BCUT2D eigenvalue weighted by Gasteiger charge is -2.19. The second-order valence-electron chi connectivity index (χ2n) is 9.43. The molecule has 5 nitrogen and oxygen atoms in total. The molecule has 1 fully saturated rings. The van der Waals surface area contributed by atoms with Crippen LogP contribution in [0, 0.1) is 0 Å². The van der Waals surface area contributed by atoms with E-state index in [2.05, 4.69) is 4.98 Å². The molecule has 1 aromatic heterocycles. The van der Waals surface area contributed by atoms with Crippen molar-refractivity contribution >= 4 is 16.9 Å². The van der Waals surface area contributed by atoms with Crippen molar-refractivity contribution in [1.29, 1.82) is 0 Å². The van der Waals surface area contributed by atoms with Gasteiger partial charge in [-0.25, -0.2) is 0 Å². The predicted octanol–water partition coefficient (Wildman–Crippen LogP) is 5.90. The molecule has 8 heteroatoms. The maximum absolute atomic E-state index is 13.8. The van der Waals surface area contributed by atoms with Gasteiger partial charge in [-0.05, 0) is 79.0 Å². The standard InChI is InChI=1S/C26H26F3NO4/c27-26(28,29)22-9-14(1-6-19(22)15-2-4-17(31)10-15)13-34-18-5-8-23-21(12-18)20-7-3-16(11-24(32)33)25(20)30-23/h1,5-6,8-9,12,15-17,30-31H,2-4,7,10-11,13H2,(H,32,33)/t15-,16-,17-/m0/s1. The fourth-order valence-corrected chi connectivity index (χ4v) is 5.53. The van der Waals surface area contributed by atoms with Gasteiger partial charge in [0, 0.05) is 22.5 Å². The van der Waals surface area contributed by atoms with Crippen molar-refractivity contribution < 1.29 is 32.9 Å². The van der Waals surface area contributed by atoms with Gasteiger partial charge in [0.15, 0.2) is 0 Å². The second-order valence-corrected chi connectivity index (χ2v) is 9.43. The second kappa shape index (κ2) is 8.65. The lowest BCUT2D eigenvalue weighted by molar-refractivity contribution is -0.139. The predicted molar refractivity (Wildman–Crippen MR) is 120 cm³/mol. The molecule has 2 aromatic carbocycles. The fraction of sp³-hybridized carbons (Fsp3) is 0.423. The number of alkyl halides is 3. The van der Waals surface area contributed by atoms with E-state index in [1.165, 1.54) is 6.07 Å². The normalized spacial score (nSPS) is 22.3. The average molecular weight is 473 g/mol. The maximum Gasteiger partial charge on any atom is 0.416 e. The summed E-state index contributed by atoms with van der Waals surface area (Å²) in [7, 11) is 0. The van der Waals surface area contributed by atoms with Gasteiger partial charge in [-0.2, -0.15) is 13.2 Å². The van der Waals surface area contributed by atoms with E-state index in [1.807, 2.05) is 12.1 Å². The number of aliphatic hydroxyl groups is 1. The Morgan fingerprint density at radius 1 is 1.12 bits per heavy atom. The highest BCUT2D eigenvalue weighted by Gasteiger charge is 2.37. The Bertz CT molecular complexity index is 1230. The van der Waals surface area contributed by atoms with Gasteiger partial charge in [0.05, 0.1) is 18.1 Å². The average Bonchev–Trinajstić information content (AvgIpc) is 3.47. The third-order valence-electron chi connectivity index (χ3n) is 7.16. The number of aliphatic carboxylic acids is 1. The van der Waals surface area contributed by atoms with E-state index < -0.39 is 23.8 Å². The minimum Gasteiger partial charge on any atom is -0.489 e. The van der Waals surface area contributed by atoms with Crippen molar-refractivity contribution in [2.45, 2.75) is 69.2 Å². The monoisotopic (exact) mass is 473 g/mol. The van der Waals surface area contributed by atoms with Gasteiger partial charge in [-0.3, -0.25) is 4.79 Å². The van der Waals surface area contributed by atoms with Gasteiger partial charge in [0.1, 0.15) is 12.4 Å². The minimum atomic E-state index is -4.48. The number of aryl methyl sites for hydroxylation is 1. The van der Waals surface area contributed by atoms with E-state index in [1.54, 1.807) is 12.1 Å². The van der Waals surface area contributed by atoms with Crippen molar-refractivity contribution in [3.63, 3.8) is 0 Å². The molecule has 0 aliphatic heterocycles. The number of halogens is 3. The lowest BCUT2D eigenvalue weighted by Crippen LogP contribution is -2.13. The molecule has 180 valence electrons. The minimum absolute atomic E-state index is 0.00356. The summed E-state index contributed by atoms with van der Waals surface area (Å²) >= 11 is 0. The van der Waals surface area contributed by atoms with E-state index in [0.29, 0.717) is 30.6 Å². The van der Waals surface area contributed by atoms with Crippen molar-refractivity contribution in [1.82, 2.24) is 4.98 Å². The molecule has 3 aromatic rings. The number of aliphatic hydroxyl groups excluding tert-OH is 1. The summed E-state index contributed by atoms with van der Waals surface area (Å²) in [6, 6.07) is 9.83. The smallest absolute Gasteiger partial charge is 0.416 e. The molecule has 0 bridgehead atoms. The molecule has 0 saturated heterocycles. The summed E-state index contributed by atoms with van der Waals surface area (Å²) in [5.74, 6) is -0.601. The van der Waals surface area contributed by atoms with E-state index in [0.717, 1.165) is 41.1 Å². The Balaban J connectivity index is 1.35. The number of aromatic nitrogens is 1. The Hall–Kier alpha value is -3.00. The molecule has 0 spiro atoms. The summed E-state index contributed by atoms with van der Waals surface area (Å²) in [5, 5.41) is 19.9. The van der Waals surface area contributed by atoms with Crippen LogP contribution in [0.25, 0.3) is 10.9 Å². The molecule has 0 amide bonds. The number of carboxylic acids is 1. The number of carbonyl (C=O) groups is 1. The molecule has 2 aliphatic carbocycles. The number of rotatable bonds is 6. The number of hydrogen-bond donors (Lipinski definition) is 3. The van der Waals surface area contributed by atoms with E-state index in [-0.39, 0.29) is 30.4 Å². The molecule has 34 heavy (non-hydrogen) atoms. The topological polar surface area (TPSA) is 82.5 Å². The zero-order valence-electron chi connectivity index (χ0n) is 18.5. The van der Waals surface area contributed by atoms with E-state index in [4.69, 9.17) is 9.84 Å². The maximum atomic E-state index is 13.8. The van der Waals surface area contributed by atoms with Gasteiger partial charge in [0.25, 0.3) is 0 Å². The molecule has 0 radical (unpaired) electrons. The molecule has 1 saturated carbocycles. The van der Waals surface area contributed by atoms with Crippen molar-refractivity contribution in [3.05, 3.63) is 64.3 Å². The van der Waals surface area contributed by atoms with Crippen molar-refractivity contribution in [2.75, 3.05) is 0 Å². The Labute approximate surface area is 194 Å². The van der Waals surface area contributed by atoms with Crippen LogP contribution in [0.4, 0.5) is 13.2 Å². The van der Waals surface area contributed by atoms with Gasteiger partial charge in [-0.15, -0.1) is 0 Å². The van der Waals surface area contributed by atoms with E-state index >= 15 is 0 Å². The van der Waals surface area contributed by atoms with Crippen molar-refractivity contribution in [3.8, 4) is 5.75 Å². The van der Waals surface area contributed by atoms with Crippen LogP contribution < -0.4 is 4.74 Å². The molecule has 0 unspecified atom stereocenters. The Morgan fingerprint density at radius 3 is 2.65 bits per heavy atom. The number of aromatic amines is 1. The van der Waals surface area contributed by atoms with Crippen molar-refractivity contribution in [2.24, 2.45) is 0 Å². The highest BCUT2D eigenvalue weighted by atomic mass is 19.4. The first kappa shape index (κ1) is 22.8. The number of carboxylic acid groups (broad SMARTS) is 1. The summed E-state index contributed by atoms with van der Waals surface area (Å²) in [6.45, 7) is -0.00356. The van der Waals surface area contributed by atoms with Crippen LogP contribution in [-0.4, -0.2) is 27.3 Å². The third kappa shape index (κ3) is 4.39. The van der Waals surface area contributed by atoms with Crippen LogP contribution in [0.5, 0.6) is 5.75 Å². The van der Waals surface area contributed by atoms with Gasteiger partial charge < -0.3 is 19.9 Å². The number of H-pyrrole nitrogens is 1. The first-order chi connectivity index (χ1) is 16.2. The number of hydrogen-bond acceptors (Lipinski definition) is 3. The zero-order valence-corrected chi connectivity index (χ0v) is 18.5. The largest absolute Gasteiger partial charge is 0.489 e. The molecule has 3 N–H and O–H groups in total. The van der Waals surface area contributed by atoms with Crippen LogP contribution >= 0.6 is 0 Å². The van der Waals surface area contributed by atoms with Gasteiger partial charge >= 0.3 is 12.1 Å². The molecular formula is C26H26F3NO4. The van der Waals surface area contributed by atoms with Crippen LogP contribution in [0.3, 0.4) is 0 Å². The molecular weight excluding hydrogens is 447 g/mol. The summed E-state index contributed by atoms with van der Waals surface area (Å²) in [4.78, 5) is 14.5. The van der Waals surface area contributed by atoms with E-state index in [9.17, 15) is 23.1 Å². The van der Waals surface area contributed by atoms with Gasteiger partial charge in [0.2, 0.25) is 0 Å². The summed E-state index contributed by atoms with van der Waals surface area (Å²) < 4.78 is 47.2. The third-order valence-corrected chi connectivity index (χ3v) is 7.16. The molecule has 5 rings (SSSR count). The molecule has 2 aliphatic rings. The zero-order chi connectivity index (χ0) is 24.0. The highest BCUT2D eigenvalue weighted by Crippen LogP contribution is 2.43. The van der Waals surface area contributed by atoms with Crippen LogP contribution in [0.1, 0.15) is 71.9 Å². The quantitative estimate of drug-likeness (QED) is 0.416. The number of nitrogens with one attached hydrogen (secondary N) is 1. The van der Waals surface area contributed by atoms with Crippen LogP contribution in [0.15, 0.2) is 36.4 Å². The van der Waals surface area contributed by atoms with Gasteiger partial charge in [-0.1, -0.05) is 12.1 Å². The number of benzene rings is 2. The summed E-state index contributed by atoms with van der Waals surface area (Å²) in [5.41, 5.74) is 2.96. The molecule has 3 atom stereocenters. The first-order valence-electron chi connectivity index (χ1n) is 11.6. The molecule has 1 heterocycles. The SMILES string of the molecule is O=C(O)C[C@@H]1CCc2c1[nH]c1ccc(OCc3ccc([C@H]4CC[C@H](O)C4)c(C(F)(F)F)c3)cc21. The highest BCUT2D eigenvalue weighted by molar-refractivity contribution is 5.87. The fourth-order valence-electron chi connectivity index (χ4n) is 5.53. The van der Waals surface area contributed by atoms with Crippen LogP contribution in [0.2, 0.25) is 0 Å². The lowest BCUT2D eigenvalue weighted by atomic mass is 9.91. The summed E-state index contributed by atoms with van der Waals surface area (Å²) in [6.07, 6.45) is -1.95. The first-order valence-corrected chi connectivity index (χ1v) is 11.6. The van der Waals surface area contributed by atoms with Crippen LogP contribution in [-0.2, 0) is 24.0 Å². The Kier molecular flexibility index (Phi) is 5.80. The number of fused-ring (bicyclic) bond motifs is 3.